The maximum atomic E-state index is 13.3. The molecule has 0 aliphatic heterocycles. The Kier molecular flexibility index (Phi) is 8.29. The number of amides is 1. The minimum atomic E-state index is -4.81. The first-order valence-electron chi connectivity index (χ1n) is 10.8. The Balaban J connectivity index is 2.67. The number of hydrogen-bond donors (Lipinski definition) is 0. The summed E-state index contributed by atoms with van der Waals surface area (Å²) in [5, 5.41) is 2.92. The Morgan fingerprint density at radius 1 is 1.06 bits per heavy atom. The zero-order valence-corrected chi connectivity index (χ0v) is 20.3. The third kappa shape index (κ3) is 6.98. The number of benzene rings is 1. The van der Waals surface area contributed by atoms with Gasteiger partial charge < -0.3 is 4.84 Å². The van der Waals surface area contributed by atoms with Gasteiger partial charge in [-0.3, -0.25) is 14.2 Å². The summed E-state index contributed by atoms with van der Waals surface area (Å²) in [6.45, 7) is 8.97. The molecule has 12 heteroatoms. The van der Waals surface area contributed by atoms with Gasteiger partial charge in [0.1, 0.15) is 0 Å². The Bertz CT molecular complexity index is 1160. The molecule has 1 amide bonds. The van der Waals surface area contributed by atoms with Gasteiger partial charge in [0.2, 0.25) is 0 Å². The zero-order chi connectivity index (χ0) is 26.8. The van der Waals surface area contributed by atoms with Gasteiger partial charge in [-0.1, -0.05) is 39.3 Å². The summed E-state index contributed by atoms with van der Waals surface area (Å²) in [5.41, 5.74) is -2.51. The zero-order valence-electron chi connectivity index (χ0n) is 20.3. The highest BCUT2D eigenvalue weighted by Gasteiger charge is 2.34. The van der Waals surface area contributed by atoms with Crippen LogP contribution in [-0.4, -0.2) is 27.2 Å². The van der Waals surface area contributed by atoms with Crippen molar-refractivity contribution >= 4 is 11.6 Å². The molecule has 1 aromatic heterocycles. The lowest BCUT2D eigenvalue weighted by Crippen LogP contribution is -2.25. The first kappa shape index (κ1) is 28.2. The standard InChI is InChI=1S/C23H28F6N4O2/c1-7-8-11-33-19(13-18(32(33)6)21(3,4)5)30-20(34)16-12-15(23(27,28)29)9-10-17(16)35-31-14(2)22(24,25)26/h9-10,12-13H,7-8,11H2,1-6H3. The molecule has 2 aromatic rings. The molecule has 1 heterocycles. The fraction of sp³-hybridized carbons (Fsp3) is 0.522. The van der Waals surface area contributed by atoms with E-state index in [1.165, 1.54) is 0 Å². The predicted molar refractivity (Wildman–Crippen MR) is 118 cm³/mol. The highest BCUT2D eigenvalue weighted by atomic mass is 19.4. The van der Waals surface area contributed by atoms with Crippen molar-refractivity contribution in [3.63, 3.8) is 0 Å². The van der Waals surface area contributed by atoms with Crippen LogP contribution in [0.5, 0.6) is 5.75 Å². The molecule has 0 fully saturated rings. The first-order valence-corrected chi connectivity index (χ1v) is 10.8. The summed E-state index contributed by atoms with van der Waals surface area (Å²) >= 11 is 0. The number of carbonyl (C=O) groups excluding carboxylic acids is 1. The van der Waals surface area contributed by atoms with E-state index in [9.17, 15) is 31.1 Å². The molecule has 1 aromatic carbocycles. The topological polar surface area (TPSA) is 60.9 Å². The van der Waals surface area contributed by atoms with Gasteiger partial charge >= 0.3 is 12.4 Å². The van der Waals surface area contributed by atoms with Crippen LogP contribution in [0.2, 0.25) is 0 Å². The summed E-state index contributed by atoms with van der Waals surface area (Å²) in [5.74, 6) is -1.69. The van der Waals surface area contributed by atoms with Crippen molar-refractivity contribution < 1.29 is 36.0 Å². The maximum Gasteiger partial charge on any atom is 0.432 e. The Hall–Kier alpha value is -3.05. The van der Waals surface area contributed by atoms with Gasteiger partial charge in [-0.2, -0.15) is 31.3 Å². The average molecular weight is 506 g/mol. The Morgan fingerprint density at radius 3 is 2.20 bits per heavy atom. The molecule has 0 unspecified atom stereocenters. The van der Waals surface area contributed by atoms with Gasteiger partial charge in [0.15, 0.2) is 16.9 Å². The van der Waals surface area contributed by atoms with Crippen LogP contribution in [0, 0.1) is 0 Å². The van der Waals surface area contributed by atoms with E-state index in [1.54, 1.807) is 17.8 Å². The van der Waals surface area contributed by atoms with Crippen molar-refractivity contribution in [2.45, 2.75) is 71.8 Å². The lowest BCUT2D eigenvalue weighted by atomic mass is 9.92. The second-order valence-corrected chi connectivity index (χ2v) is 9.03. The third-order valence-electron chi connectivity index (χ3n) is 5.18. The first-order chi connectivity index (χ1) is 16.0. The Labute approximate surface area is 198 Å². The molecule has 35 heavy (non-hydrogen) atoms. The van der Waals surface area contributed by atoms with Crippen molar-refractivity contribution in [2.75, 3.05) is 0 Å². The van der Waals surface area contributed by atoms with E-state index in [0.717, 1.165) is 24.6 Å². The van der Waals surface area contributed by atoms with E-state index < -0.39 is 40.8 Å². The predicted octanol–water partition coefficient (Wildman–Crippen LogP) is 6.00. The number of oxime groups is 1. The molecule has 0 atom stereocenters. The summed E-state index contributed by atoms with van der Waals surface area (Å²) in [4.78, 5) is 21.8. The van der Waals surface area contributed by atoms with Gasteiger partial charge in [-0.05, 0) is 31.5 Å². The van der Waals surface area contributed by atoms with Crippen molar-refractivity contribution in [1.29, 1.82) is 0 Å². The van der Waals surface area contributed by atoms with Crippen molar-refractivity contribution in [1.82, 2.24) is 9.36 Å². The second kappa shape index (κ2) is 10.3. The van der Waals surface area contributed by atoms with Crippen LogP contribution in [0.25, 0.3) is 0 Å². The highest BCUT2D eigenvalue weighted by Crippen LogP contribution is 2.33. The largest absolute Gasteiger partial charge is 0.432 e. The lowest BCUT2D eigenvalue weighted by Gasteiger charge is -2.20. The number of nitrogens with zero attached hydrogens (tertiary/aromatic N) is 4. The van der Waals surface area contributed by atoms with Gasteiger partial charge in [0.25, 0.3) is 5.91 Å². The molecule has 0 aliphatic carbocycles. The SMILES string of the molecule is CCCCn1c(=NC(=O)c2cc(C(F)(F)F)ccc2ON=C(C)C(F)(F)F)cc(C(C)(C)C)n1C. The van der Waals surface area contributed by atoms with Crippen LogP contribution in [0.15, 0.2) is 34.4 Å². The minimum absolute atomic E-state index is 0.203. The quantitative estimate of drug-likeness (QED) is 0.274. The van der Waals surface area contributed by atoms with E-state index in [1.807, 2.05) is 32.4 Å². The van der Waals surface area contributed by atoms with Gasteiger partial charge in [0, 0.05) is 30.8 Å². The fourth-order valence-electron chi connectivity index (χ4n) is 3.22. The third-order valence-corrected chi connectivity index (χ3v) is 5.18. The molecule has 0 radical (unpaired) electrons. The van der Waals surface area contributed by atoms with Gasteiger partial charge in [-0.15, -0.1) is 0 Å². The number of carbonyl (C=O) groups is 1. The second-order valence-electron chi connectivity index (χ2n) is 9.03. The maximum absolute atomic E-state index is 13.3. The number of aromatic nitrogens is 2. The van der Waals surface area contributed by atoms with Crippen LogP contribution >= 0.6 is 0 Å². The number of unbranched alkanes of at least 4 members (excludes halogenated alkanes) is 1. The van der Waals surface area contributed by atoms with Crippen LogP contribution in [0.1, 0.15) is 69.1 Å². The highest BCUT2D eigenvalue weighted by molar-refractivity contribution is 5.98. The summed E-state index contributed by atoms with van der Waals surface area (Å²) in [6.07, 6.45) is -8.00. The lowest BCUT2D eigenvalue weighted by molar-refractivity contribution is -0.137. The van der Waals surface area contributed by atoms with Crippen molar-refractivity contribution in [3.05, 3.63) is 46.6 Å². The molecule has 0 bridgehead atoms. The molecule has 2 rings (SSSR count). The fourth-order valence-corrected chi connectivity index (χ4v) is 3.22. The van der Waals surface area contributed by atoms with Crippen LogP contribution in [-0.2, 0) is 25.2 Å². The normalized spacial score (nSPS) is 13.9. The van der Waals surface area contributed by atoms with E-state index in [0.29, 0.717) is 25.6 Å². The monoisotopic (exact) mass is 506 g/mol. The molecular formula is C23H28F6N4O2. The molecular weight excluding hydrogens is 478 g/mol. The smallest absolute Gasteiger partial charge is 0.356 e. The average Bonchev–Trinajstić information content (AvgIpc) is 3.04. The number of alkyl halides is 6. The van der Waals surface area contributed by atoms with Crippen LogP contribution in [0.3, 0.4) is 0 Å². The summed E-state index contributed by atoms with van der Waals surface area (Å²) < 4.78 is 81.7. The molecule has 6 nitrogen and oxygen atoms in total. The van der Waals surface area contributed by atoms with E-state index in [-0.39, 0.29) is 10.9 Å². The molecule has 0 spiro atoms. The minimum Gasteiger partial charge on any atom is -0.356 e. The van der Waals surface area contributed by atoms with E-state index in [4.69, 9.17) is 4.84 Å². The van der Waals surface area contributed by atoms with Crippen LogP contribution < -0.4 is 10.3 Å². The van der Waals surface area contributed by atoms with Gasteiger partial charge in [0.05, 0.1) is 11.1 Å². The molecule has 0 saturated carbocycles. The Morgan fingerprint density at radius 2 is 1.69 bits per heavy atom. The number of halogens is 6. The van der Waals surface area contributed by atoms with Crippen molar-refractivity contribution in [2.24, 2.45) is 17.2 Å². The molecule has 0 aliphatic rings. The van der Waals surface area contributed by atoms with Crippen LogP contribution in [0.4, 0.5) is 26.3 Å². The molecule has 0 N–H and O–H groups in total. The van der Waals surface area contributed by atoms with Gasteiger partial charge in [-0.25, -0.2) is 0 Å². The van der Waals surface area contributed by atoms with E-state index >= 15 is 0 Å². The van der Waals surface area contributed by atoms with Crippen molar-refractivity contribution in [3.8, 4) is 5.75 Å². The summed E-state index contributed by atoms with van der Waals surface area (Å²) in [7, 11) is 1.78. The molecule has 0 saturated heterocycles. The molecule has 194 valence electrons. The van der Waals surface area contributed by atoms with E-state index in [2.05, 4.69) is 10.1 Å². The number of rotatable bonds is 6. The summed E-state index contributed by atoms with van der Waals surface area (Å²) in [6, 6.07) is 3.49. The number of hydrogen-bond acceptors (Lipinski definition) is 3.